The normalized spacial score (nSPS) is 26.3. The van der Waals surface area contributed by atoms with E-state index in [9.17, 15) is 17.2 Å². The molecular weight excluding hydrogens is 378 g/mol. The van der Waals surface area contributed by atoms with E-state index in [1.165, 1.54) is 0 Å². The first-order valence-electron chi connectivity index (χ1n) is 8.56. The molecule has 7 nitrogen and oxygen atoms in total. The number of benzene rings is 1. The molecule has 27 heavy (non-hydrogen) atoms. The van der Waals surface area contributed by atoms with Crippen LogP contribution in [0.2, 0.25) is 0 Å². The molecule has 2 aromatic rings. The zero-order valence-corrected chi connectivity index (χ0v) is 15.5. The van der Waals surface area contributed by atoms with Gasteiger partial charge in [0.05, 0.1) is 18.0 Å². The average molecular weight is 398 g/mol. The van der Waals surface area contributed by atoms with Gasteiger partial charge in [0.15, 0.2) is 0 Å². The van der Waals surface area contributed by atoms with Gasteiger partial charge in [-0.3, -0.25) is 4.90 Å². The summed E-state index contributed by atoms with van der Waals surface area (Å²) < 4.78 is 56.4. The Balaban J connectivity index is 1.44. The molecule has 0 spiro atoms. The predicted octanol–water partition coefficient (Wildman–Crippen LogP) is 1.26. The lowest BCUT2D eigenvalue weighted by atomic mass is 9.93. The number of nitrogens with zero attached hydrogens (tertiary/aromatic N) is 2. The molecule has 10 heteroatoms. The lowest BCUT2D eigenvalue weighted by Crippen LogP contribution is -2.47. The quantitative estimate of drug-likeness (QED) is 0.807. The number of rotatable bonds is 3. The van der Waals surface area contributed by atoms with Crippen LogP contribution in [0.5, 0.6) is 0 Å². The second kappa shape index (κ2) is 6.62. The second-order valence-electron chi connectivity index (χ2n) is 7.12. The number of fused-ring (bicyclic) bond motifs is 1. The van der Waals surface area contributed by atoms with Crippen molar-refractivity contribution in [3.8, 4) is 0 Å². The maximum Gasteiger partial charge on any atom is 0.225 e. The lowest BCUT2D eigenvalue weighted by Gasteiger charge is -2.38. The molecule has 2 aliphatic rings. The zero-order chi connectivity index (χ0) is 19.3. The third kappa shape index (κ3) is 3.49. The highest BCUT2D eigenvalue weighted by atomic mass is 32.2. The molecule has 0 radical (unpaired) electrons. The van der Waals surface area contributed by atoms with Crippen molar-refractivity contribution in [2.24, 2.45) is 5.73 Å². The molecule has 1 saturated heterocycles. The summed E-state index contributed by atoms with van der Waals surface area (Å²) in [4.78, 5) is 9.12. The number of hydrogen-bond donors (Lipinski definition) is 2. The van der Waals surface area contributed by atoms with Gasteiger partial charge in [-0.1, -0.05) is 0 Å². The number of ether oxygens (including phenoxy) is 1. The van der Waals surface area contributed by atoms with Crippen LogP contribution in [0.25, 0.3) is 0 Å². The fourth-order valence-electron chi connectivity index (χ4n) is 3.72. The van der Waals surface area contributed by atoms with Gasteiger partial charge in [0.25, 0.3) is 0 Å². The molecule has 2 aliphatic heterocycles. The first kappa shape index (κ1) is 18.5. The molecule has 4 rings (SSSR count). The van der Waals surface area contributed by atoms with Crippen LogP contribution in [-0.2, 0) is 27.7 Å². The van der Waals surface area contributed by atoms with Gasteiger partial charge >= 0.3 is 0 Å². The molecule has 0 unspecified atom stereocenters. The van der Waals surface area contributed by atoms with Gasteiger partial charge in [-0.15, -0.1) is 0 Å². The fourth-order valence-corrected chi connectivity index (χ4v) is 4.30. The van der Waals surface area contributed by atoms with Gasteiger partial charge in [0, 0.05) is 37.0 Å². The van der Waals surface area contributed by atoms with Gasteiger partial charge in [-0.25, -0.2) is 22.2 Å². The number of aromatic amines is 1. The Morgan fingerprint density at radius 2 is 2.11 bits per heavy atom. The highest BCUT2D eigenvalue weighted by molar-refractivity contribution is 7.90. The number of halogens is 2. The average Bonchev–Trinajstić information content (AvgIpc) is 3.16. The summed E-state index contributed by atoms with van der Waals surface area (Å²) in [5.74, 6) is -1.07. The minimum atomic E-state index is -3.37. The Bertz CT molecular complexity index is 955. The largest absolute Gasteiger partial charge is 0.370 e. The van der Waals surface area contributed by atoms with Crippen molar-refractivity contribution in [2.75, 3.05) is 12.9 Å². The predicted molar refractivity (Wildman–Crippen MR) is 92.4 cm³/mol. The van der Waals surface area contributed by atoms with Crippen LogP contribution >= 0.6 is 0 Å². The summed E-state index contributed by atoms with van der Waals surface area (Å²) in [5.41, 5.74) is 7.80. The van der Waals surface area contributed by atoms with E-state index in [4.69, 9.17) is 10.5 Å². The van der Waals surface area contributed by atoms with Crippen LogP contribution in [0.3, 0.4) is 0 Å². The van der Waals surface area contributed by atoms with E-state index in [2.05, 4.69) is 14.9 Å². The third-order valence-corrected chi connectivity index (χ3v) is 5.99. The fraction of sp³-hybridized carbons (Fsp3) is 0.471. The highest BCUT2D eigenvalue weighted by Crippen LogP contribution is 2.34. The van der Waals surface area contributed by atoms with E-state index >= 15 is 0 Å². The minimum Gasteiger partial charge on any atom is -0.370 e. The molecule has 0 amide bonds. The maximum absolute atomic E-state index is 14.0. The number of H-pyrrole nitrogens is 1. The SMILES string of the molecule is CS(=O)(=O)c1nc2c([nH]1)CN([C@H]1CO[C@H](c3cc(F)ccc3F)[C@@H](N)C1)C2. The van der Waals surface area contributed by atoms with E-state index in [0.29, 0.717) is 31.8 Å². The molecule has 0 bridgehead atoms. The summed E-state index contributed by atoms with van der Waals surface area (Å²) in [7, 11) is -3.37. The monoisotopic (exact) mass is 398 g/mol. The molecule has 3 heterocycles. The number of aromatic nitrogens is 2. The maximum atomic E-state index is 14.0. The van der Waals surface area contributed by atoms with Crippen molar-refractivity contribution < 1.29 is 21.9 Å². The summed E-state index contributed by atoms with van der Waals surface area (Å²) >= 11 is 0. The first-order chi connectivity index (χ1) is 12.7. The molecule has 0 saturated carbocycles. The van der Waals surface area contributed by atoms with E-state index in [0.717, 1.165) is 30.1 Å². The minimum absolute atomic E-state index is 0.0165. The Labute approximate surface area is 155 Å². The molecule has 3 N–H and O–H groups in total. The van der Waals surface area contributed by atoms with Gasteiger partial charge in [0.1, 0.15) is 17.7 Å². The van der Waals surface area contributed by atoms with Crippen LogP contribution in [0.15, 0.2) is 23.4 Å². The summed E-state index contributed by atoms with van der Waals surface area (Å²) in [6.07, 6.45) is 0.954. The van der Waals surface area contributed by atoms with Gasteiger partial charge in [0.2, 0.25) is 15.0 Å². The molecule has 0 aliphatic carbocycles. The topological polar surface area (TPSA) is 101 Å². The molecule has 1 aromatic heterocycles. The summed E-state index contributed by atoms with van der Waals surface area (Å²) in [5, 5.41) is -0.0228. The van der Waals surface area contributed by atoms with Crippen LogP contribution in [0.4, 0.5) is 8.78 Å². The second-order valence-corrected chi connectivity index (χ2v) is 9.05. The van der Waals surface area contributed by atoms with E-state index in [1.54, 1.807) is 0 Å². The van der Waals surface area contributed by atoms with Crippen molar-refractivity contribution in [3.05, 3.63) is 46.8 Å². The van der Waals surface area contributed by atoms with Gasteiger partial charge < -0.3 is 15.5 Å². The Morgan fingerprint density at radius 3 is 2.78 bits per heavy atom. The van der Waals surface area contributed by atoms with Crippen molar-refractivity contribution >= 4 is 9.84 Å². The molecule has 1 aromatic carbocycles. The van der Waals surface area contributed by atoms with Gasteiger partial charge in [-0.05, 0) is 24.6 Å². The molecule has 146 valence electrons. The highest BCUT2D eigenvalue weighted by Gasteiger charge is 2.37. The summed E-state index contributed by atoms with van der Waals surface area (Å²) in [6.45, 7) is 1.32. The summed E-state index contributed by atoms with van der Waals surface area (Å²) in [6, 6.07) is 2.75. The van der Waals surface area contributed by atoms with E-state index in [1.807, 2.05) is 0 Å². The van der Waals surface area contributed by atoms with Crippen LogP contribution in [-0.4, -0.2) is 48.2 Å². The Morgan fingerprint density at radius 1 is 1.33 bits per heavy atom. The number of sulfone groups is 1. The van der Waals surface area contributed by atoms with Crippen LogP contribution < -0.4 is 5.73 Å². The van der Waals surface area contributed by atoms with Crippen molar-refractivity contribution in [2.45, 2.75) is 42.9 Å². The molecule has 1 fully saturated rings. The zero-order valence-electron chi connectivity index (χ0n) is 14.7. The smallest absolute Gasteiger partial charge is 0.225 e. The Kier molecular flexibility index (Phi) is 4.53. The van der Waals surface area contributed by atoms with Crippen molar-refractivity contribution in [1.82, 2.24) is 14.9 Å². The van der Waals surface area contributed by atoms with E-state index in [-0.39, 0.29) is 16.8 Å². The number of nitrogens with two attached hydrogens (primary N) is 1. The molecule has 3 atom stereocenters. The molecular formula is C17H20F2N4O3S. The number of hydrogen-bond acceptors (Lipinski definition) is 6. The Hall–Kier alpha value is -1.88. The van der Waals surface area contributed by atoms with Gasteiger partial charge in [-0.2, -0.15) is 0 Å². The third-order valence-electron chi connectivity index (χ3n) is 5.09. The van der Waals surface area contributed by atoms with Crippen molar-refractivity contribution in [3.63, 3.8) is 0 Å². The van der Waals surface area contributed by atoms with Crippen LogP contribution in [0.1, 0.15) is 29.5 Å². The van der Waals surface area contributed by atoms with Crippen LogP contribution in [0, 0.1) is 11.6 Å². The lowest BCUT2D eigenvalue weighted by molar-refractivity contribution is -0.0534. The van der Waals surface area contributed by atoms with E-state index < -0.39 is 33.6 Å². The number of nitrogens with one attached hydrogen (secondary N) is 1. The standard InChI is InChI=1S/C17H20F2N4O3S/c1-27(24,25)17-21-14-6-23(7-15(14)22-17)10-5-13(20)16(26-8-10)11-4-9(18)2-3-12(11)19/h2-4,10,13,16H,5-8,20H2,1H3,(H,21,22)/t10-,13+,16-/m1/s1. The van der Waals surface area contributed by atoms with Crippen molar-refractivity contribution in [1.29, 1.82) is 0 Å². The first-order valence-corrected chi connectivity index (χ1v) is 10.5. The number of imidazole rings is 1.